The molecule has 6 aromatic rings. The highest BCUT2D eigenvalue weighted by Gasteiger charge is 2.54. The van der Waals surface area contributed by atoms with E-state index >= 15 is 0 Å². The topological polar surface area (TPSA) is 263 Å². The number of aliphatic hydroxyl groups excluding tert-OH is 3. The van der Waals surface area contributed by atoms with E-state index in [-0.39, 0.29) is 69.7 Å². The van der Waals surface area contributed by atoms with Crippen LogP contribution in [0.1, 0.15) is 229 Å². The van der Waals surface area contributed by atoms with Gasteiger partial charge in [0.2, 0.25) is 10.0 Å². The second-order valence-corrected chi connectivity index (χ2v) is 50.1. The summed E-state index contributed by atoms with van der Waals surface area (Å²) in [6, 6.07) is 34.5. The molecule has 6 aromatic carbocycles. The summed E-state index contributed by atoms with van der Waals surface area (Å²) in [5, 5.41) is 32.9. The lowest BCUT2D eigenvalue weighted by Crippen LogP contribution is -2.55. The largest absolute Gasteiger partial charge is 0.490 e. The Bertz CT molecular complexity index is 5680. The minimum absolute atomic E-state index is 0.0373. The summed E-state index contributed by atoms with van der Waals surface area (Å²) in [7, 11) is -9.97. The summed E-state index contributed by atoms with van der Waals surface area (Å²) in [5.74, 6) is 8.86. The number of nitrogens with one attached hydrogen (secondary N) is 3. The number of amides is 3. The van der Waals surface area contributed by atoms with Crippen LogP contribution in [0.2, 0.25) is 15.1 Å². The number of sulfonamides is 1. The van der Waals surface area contributed by atoms with Gasteiger partial charge in [-0.2, -0.15) is 13.2 Å². The van der Waals surface area contributed by atoms with Gasteiger partial charge >= 0.3 is 6.18 Å². The van der Waals surface area contributed by atoms with Gasteiger partial charge in [-0.3, -0.25) is 23.8 Å². The molecule has 136 heavy (non-hydrogen) atoms. The zero-order valence-electron chi connectivity index (χ0n) is 79.7. The van der Waals surface area contributed by atoms with Crippen molar-refractivity contribution in [1.82, 2.24) is 14.2 Å². The lowest BCUT2D eigenvalue weighted by molar-refractivity contribution is -0.221. The van der Waals surface area contributed by atoms with Gasteiger partial charge in [-0.25, -0.2) is 21.6 Å². The number of aliphatic hydroxyl groups is 3. The van der Waals surface area contributed by atoms with Crippen molar-refractivity contribution in [2.24, 2.45) is 64.1 Å². The van der Waals surface area contributed by atoms with Gasteiger partial charge in [0, 0.05) is 109 Å². The molecular formula is C107H136Cl3F3N6O14S3. The Balaban J connectivity index is 0.000000148. The van der Waals surface area contributed by atoms with Crippen molar-refractivity contribution in [1.29, 1.82) is 0 Å². The SMILES string of the molecule is C=S1(=O)NC(=O)c2ccc3c(c2)N(C[C@@H]2CC[C@H]2[C@@](CO)(OCC(F)(F)F)/C=C/C[C@H](C)[C@H]1C)C[C@@]1(CCCc2cc(Cl)ccc21)CO3.C=S1(=O)NC(=O)c2ccc3c(c2)N(C[C@@H]2CC[C@H]2[C@](CC)(CO)/C=C/C[C@H](C)[C@H]1C)C[C@@]1(CCCc2cc(Cl)ccc21)CO3.CC[C@]1(CO)/C=C/C[C@H](C)[C@@H](C)S(=O)(=O)NC(=O)c2ccc3c(c2)N(C[C@@H]2CC[C@H]21)C[C@@]1(CCCc2cc(Cl)ccc21)CO3. The van der Waals surface area contributed by atoms with Crippen molar-refractivity contribution in [3.63, 3.8) is 0 Å². The van der Waals surface area contributed by atoms with Crippen LogP contribution < -0.4 is 43.1 Å². The van der Waals surface area contributed by atoms with Crippen LogP contribution in [0.5, 0.6) is 17.2 Å². The molecule has 3 saturated carbocycles. The van der Waals surface area contributed by atoms with E-state index in [9.17, 15) is 59.7 Å². The monoisotopic (exact) mass is 1990 g/mol. The Hall–Kier alpha value is -7.76. The quantitative estimate of drug-likeness (QED) is 0.0641. The van der Waals surface area contributed by atoms with Gasteiger partial charge in [-0.05, 0) is 339 Å². The average Bonchev–Trinajstić information content (AvgIpc) is 1.54. The third kappa shape index (κ3) is 20.4. The van der Waals surface area contributed by atoms with Crippen LogP contribution in [-0.4, -0.2) is 175 Å². The molecule has 6 aliphatic carbocycles. The van der Waals surface area contributed by atoms with Crippen LogP contribution >= 0.6 is 34.8 Å². The first-order valence-corrected chi connectivity index (χ1v) is 55.3. The molecular weight excluding hydrogens is 1850 g/mol. The van der Waals surface area contributed by atoms with Gasteiger partial charge in [-0.1, -0.05) is 124 Å². The number of hydrogen-bond acceptors (Lipinski definition) is 17. The molecule has 0 radical (unpaired) electrons. The van der Waals surface area contributed by atoms with Crippen LogP contribution in [0.25, 0.3) is 0 Å². The van der Waals surface area contributed by atoms with Crippen molar-refractivity contribution in [3.05, 3.63) is 211 Å². The maximum Gasteiger partial charge on any atom is 0.411 e. The lowest BCUT2D eigenvalue weighted by Gasteiger charge is -2.50. The first-order chi connectivity index (χ1) is 64.7. The van der Waals surface area contributed by atoms with Crippen LogP contribution in [0.3, 0.4) is 0 Å². The predicted molar refractivity (Wildman–Crippen MR) is 540 cm³/mol. The number of hydrogen-bond donors (Lipinski definition) is 6. The van der Waals surface area contributed by atoms with Crippen LogP contribution in [0, 0.1) is 64.1 Å². The number of benzene rings is 6. The van der Waals surface area contributed by atoms with Crippen LogP contribution in [0.4, 0.5) is 30.2 Å². The van der Waals surface area contributed by atoms with E-state index < -0.39 is 88.1 Å². The smallest absolute Gasteiger partial charge is 0.411 e. The second kappa shape index (κ2) is 40.3. The number of halogens is 6. The highest BCUT2D eigenvalue weighted by molar-refractivity contribution is 7.99. The van der Waals surface area contributed by atoms with E-state index in [0.717, 1.165) is 161 Å². The molecule has 2 unspecified atom stereocenters. The fourth-order valence-electron chi connectivity index (χ4n) is 24.5. The third-order valence-electron chi connectivity index (χ3n) is 34.0. The Morgan fingerprint density at radius 2 is 0.794 bits per heavy atom. The molecule has 6 bridgehead atoms. The van der Waals surface area contributed by atoms with E-state index in [2.05, 4.69) is 116 Å². The Morgan fingerprint density at radius 3 is 1.12 bits per heavy atom. The Morgan fingerprint density at radius 1 is 0.456 bits per heavy atom. The van der Waals surface area contributed by atoms with E-state index in [1.165, 1.54) is 22.3 Å². The number of aryl methyl sites for hydroxylation is 3. The number of allylic oxidation sites excluding steroid dienone is 3. The number of anilines is 3. The lowest BCUT2D eigenvalue weighted by atomic mass is 9.58. The molecule has 6 N–H and O–H groups in total. The van der Waals surface area contributed by atoms with E-state index in [4.69, 9.17) is 53.8 Å². The molecule has 3 fully saturated rings. The summed E-state index contributed by atoms with van der Waals surface area (Å²) < 4.78 is 128. The summed E-state index contributed by atoms with van der Waals surface area (Å²) in [6.45, 7) is 18.9. The first kappa shape index (κ1) is 101. The van der Waals surface area contributed by atoms with E-state index in [1.54, 1.807) is 62.4 Å². The molecule has 6 aliphatic heterocycles. The van der Waals surface area contributed by atoms with Crippen LogP contribution in [-0.2, 0) is 69.7 Å². The minimum Gasteiger partial charge on any atom is -0.490 e. The van der Waals surface area contributed by atoms with Gasteiger partial charge in [-0.15, -0.1) is 0 Å². The molecule has 3 amide bonds. The van der Waals surface area contributed by atoms with Gasteiger partial charge < -0.3 is 49.0 Å². The third-order valence-corrected chi connectivity index (χ3v) is 41.0. The van der Waals surface area contributed by atoms with E-state index in [0.29, 0.717) is 128 Å². The molecule has 0 saturated heterocycles. The highest BCUT2D eigenvalue weighted by atomic mass is 35.5. The molecule has 18 rings (SSSR count). The predicted octanol–water partition coefficient (Wildman–Crippen LogP) is 19.3. The van der Waals surface area contributed by atoms with Crippen molar-refractivity contribution < 1.29 is 78.7 Å². The highest BCUT2D eigenvalue weighted by Crippen LogP contribution is 2.57. The maximum absolute atomic E-state index is 13.8. The summed E-state index contributed by atoms with van der Waals surface area (Å²) in [4.78, 5) is 47.6. The number of alkyl halides is 3. The standard InChI is InChI=1S/C36H44ClF3N2O5S.C36H47ClN2O4S.C35H45ClN2O5S/c1-23-6-4-15-35(20-43,47-22-36(38,39)40)30-11-8-27(30)18-42-19-34(14-5-7-25-16-28(37)10-12-29(25)34)21-46-32-13-9-26(17-31(32)42)33(44)41-48(3,45)24(23)2;1-5-35(22-40)16-6-8-24(2)25(3)44(4,42)38-34(41)27-11-15-33-32(19-27)39(20-28-10-13-31(28)35)21-36(23-43-33)17-7-9-26-18-29(37)12-14-30(26)36;1-4-34(21-39)15-5-7-23(2)24(3)44(41,42)37-33(40)26-10-14-32-31(18-26)38(19-27-9-12-30(27)34)20-35(22-43-32)16-6-8-25-17-28(36)11-13-29(25)35/h4,9-10,12-13,15-17,23-24,27,30,43H,3,5-8,11,14,18-22H2,1-2H3,(H,41,44,45);6,11-12,14-16,18-19,24-25,28,31,40H,4-5,7-10,13,17,20-23H2,1-3H3,(H,38,41,42);5,10-11,13-15,17-18,23-24,27,30,39H,4,6-9,12,16,19-22H2,1-3H3,(H,37,40)/b15-4+;16-6+;15-5+/t23-,24+,27-,30+,34-,35+,48?;24-,25+,28-,31+,35-,36-,44?;23-,24+,27-,30+,34+,35-/m000/s1. The van der Waals surface area contributed by atoms with Crippen molar-refractivity contribution in [3.8, 4) is 17.2 Å². The normalized spacial score (nSPS) is 34.9. The van der Waals surface area contributed by atoms with Gasteiger partial charge in [0.05, 0.1) is 81.4 Å². The zero-order valence-corrected chi connectivity index (χ0v) is 84.4. The molecule has 3 spiro atoms. The van der Waals surface area contributed by atoms with Crippen molar-refractivity contribution >= 4 is 111 Å². The van der Waals surface area contributed by atoms with Crippen LogP contribution in [0.15, 0.2) is 146 Å². The fraction of sp³-hybridized carbons (Fsp3) is 0.561. The van der Waals surface area contributed by atoms with Crippen molar-refractivity contribution in [2.75, 3.05) is 100 Å². The molecule has 20 nitrogen and oxygen atoms in total. The van der Waals surface area contributed by atoms with Crippen molar-refractivity contribution in [2.45, 2.75) is 228 Å². The molecule has 29 heteroatoms. The Labute approximate surface area is 817 Å². The van der Waals surface area contributed by atoms with Gasteiger partial charge in [0.15, 0.2) is 0 Å². The summed E-state index contributed by atoms with van der Waals surface area (Å²) in [5.41, 5.74) is 7.78. The summed E-state index contributed by atoms with van der Waals surface area (Å²) >= 11 is 19.3. The fourth-order valence-corrected chi connectivity index (χ4v) is 29.3. The second-order valence-electron chi connectivity index (χ2n) is 42.0. The number of carbonyl (C=O) groups excluding carboxylic acids is 3. The molecule has 6 heterocycles. The summed E-state index contributed by atoms with van der Waals surface area (Å²) in [6.07, 6.45) is 24.9. The maximum atomic E-state index is 13.8. The zero-order chi connectivity index (χ0) is 97.0. The number of rotatable bonds is 7. The average molecular weight is 1990 g/mol. The minimum atomic E-state index is -4.58. The number of nitrogens with zero attached hydrogens (tertiary/aromatic N) is 3. The first-order valence-electron chi connectivity index (χ1n) is 49.1. The van der Waals surface area contributed by atoms with Gasteiger partial charge in [0.1, 0.15) is 29.5 Å². The number of ether oxygens (including phenoxy) is 4. The Kier molecular flexibility index (Phi) is 30.0. The van der Waals surface area contributed by atoms with E-state index in [1.807, 2.05) is 63.2 Å². The molecule has 12 aliphatic rings. The van der Waals surface area contributed by atoms with Gasteiger partial charge in [0.25, 0.3) is 17.7 Å². The molecule has 20 atom stereocenters. The molecule has 0 aromatic heterocycles. The number of fused-ring (bicyclic) bond motifs is 12. The molecule has 738 valence electrons. The number of carbonyl (C=O) groups is 3.